The molecule has 1 aliphatic heterocycles. The second-order valence-corrected chi connectivity index (χ2v) is 9.50. The predicted molar refractivity (Wildman–Crippen MR) is 124 cm³/mol. The van der Waals surface area contributed by atoms with Crippen molar-refractivity contribution < 1.29 is 19.2 Å². The van der Waals surface area contributed by atoms with Crippen LogP contribution in [-0.4, -0.2) is 47.2 Å². The van der Waals surface area contributed by atoms with Crippen molar-refractivity contribution >= 4 is 57.7 Å². The molecular formula is C22H25Cl2N5O4. The smallest absolute Gasteiger partial charge is 0.268 e. The van der Waals surface area contributed by atoms with Gasteiger partial charge < -0.3 is 26.7 Å². The van der Waals surface area contributed by atoms with Crippen molar-refractivity contribution in [1.82, 2.24) is 20.9 Å². The summed E-state index contributed by atoms with van der Waals surface area (Å²) in [5.74, 6) is -1.95. The molecule has 1 saturated carbocycles. The number of rotatable bonds is 9. The number of carbonyl (C=O) groups excluding carboxylic acids is 4. The van der Waals surface area contributed by atoms with Crippen LogP contribution in [0.1, 0.15) is 42.6 Å². The van der Waals surface area contributed by atoms with Crippen molar-refractivity contribution in [2.45, 2.75) is 44.2 Å². The third-order valence-electron chi connectivity index (χ3n) is 6.17. The third kappa shape index (κ3) is 5.42. The van der Waals surface area contributed by atoms with Crippen LogP contribution >= 0.6 is 23.2 Å². The predicted octanol–water partition coefficient (Wildman–Crippen LogP) is 1.87. The van der Waals surface area contributed by atoms with Gasteiger partial charge in [-0.15, -0.1) is 0 Å². The molecule has 4 amide bonds. The lowest BCUT2D eigenvalue weighted by Gasteiger charge is -2.23. The van der Waals surface area contributed by atoms with Crippen LogP contribution in [0.25, 0.3) is 10.9 Å². The van der Waals surface area contributed by atoms with Gasteiger partial charge in [-0.1, -0.05) is 36.0 Å². The highest BCUT2D eigenvalue weighted by molar-refractivity contribution is 6.40. The fourth-order valence-corrected chi connectivity index (χ4v) is 4.52. The number of fused-ring (bicyclic) bond motifs is 1. The maximum absolute atomic E-state index is 13.0. The normalized spacial score (nSPS) is 19.7. The Kier molecular flexibility index (Phi) is 6.81. The van der Waals surface area contributed by atoms with Crippen LogP contribution in [-0.2, 0) is 14.4 Å². The highest BCUT2D eigenvalue weighted by Crippen LogP contribution is 2.34. The van der Waals surface area contributed by atoms with E-state index in [2.05, 4.69) is 20.9 Å². The fraction of sp³-hybridized carbons (Fsp3) is 0.455. The van der Waals surface area contributed by atoms with E-state index in [4.69, 9.17) is 28.9 Å². The number of H-pyrrole nitrogens is 1. The number of nitrogens with one attached hydrogen (secondary N) is 4. The van der Waals surface area contributed by atoms with Crippen molar-refractivity contribution in [2.24, 2.45) is 17.6 Å². The van der Waals surface area contributed by atoms with Crippen molar-refractivity contribution in [2.75, 3.05) is 6.54 Å². The Hall–Kier alpha value is -2.78. The molecule has 1 aromatic heterocycles. The van der Waals surface area contributed by atoms with Gasteiger partial charge in [-0.25, -0.2) is 0 Å². The van der Waals surface area contributed by atoms with Crippen LogP contribution < -0.4 is 21.7 Å². The minimum Gasteiger partial charge on any atom is -0.368 e. The molecule has 6 N–H and O–H groups in total. The zero-order valence-electron chi connectivity index (χ0n) is 17.8. The number of amides is 4. The molecule has 2 fully saturated rings. The van der Waals surface area contributed by atoms with Gasteiger partial charge in [0.2, 0.25) is 17.7 Å². The molecule has 9 nitrogen and oxygen atoms in total. The zero-order valence-corrected chi connectivity index (χ0v) is 19.3. The third-order valence-corrected chi connectivity index (χ3v) is 6.81. The van der Waals surface area contributed by atoms with Crippen LogP contribution in [0.15, 0.2) is 18.2 Å². The SMILES string of the molecule is NC(=O)[C@H](C[C@@H]1CCNC1=O)NC(=O)[C@H](CC1CC1)NC(=O)c1cc2c(Cl)ccc(Cl)c2[nH]1. The number of hydrogen-bond donors (Lipinski definition) is 5. The molecule has 176 valence electrons. The second kappa shape index (κ2) is 9.61. The Bertz CT molecular complexity index is 1070. The van der Waals surface area contributed by atoms with E-state index in [-0.39, 0.29) is 23.9 Å². The van der Waals surface area contributed by atoms with Gasteiger partial charge in [0.1, 0.15) is 17.8 Å². The zero-order chi connectivity index (χ0) is 23.7. The first kappa shape index (κ1) is 23.4. The van der Waals surface area contributed by atoms with Crippen molar-refractivity contribution in [1.29, 1.82) is 0 Å². The number of aromatic nitrogens is 1. The van der Waals surface area contributed by atoms with Gasteiger partial charge in [-0.05, 0) is 43.4 Å². The number of hydrogen-bond acceptors (Lipinski definition) is 4. The average molecular weight is 494 g/mol. The fourth-order valence-electron chi connectivity index (χ4n) is 4.10. The summed E-state index contributed by atoms with van der Waals surface area (Å²) in [7, 11) is 0. The Morgan fingerprint density at radius 1 is 1.06 bits per heavy atom. The van der Waals surface area contributed by atoms with Gasteiger partial charge >= 0.3 is 0 Å². The Labute approximate surface area is 200 Å². The molecule has 3 atom stereocenters. The summed E-state index contributed by atoms with van der Waals surface area (Å²) in [5, 5.41) is 9.55. The summed E-state index contributed by atoms with van der Waals surface area (Å²) >= 11 is 12.4. The van der Waals surface area contributed by atoms with Crippen LogP contribution in [0.3, 0.4) is 0 Å². The molecule has 0 bridgehead atoms. The molecule has 2 heterocycles. The molecule has 0 unspecified atom stereocenters. The first-order valence-electron chi connectivity index (χ1n) is 10.9. The molecule has 1 saturated heterocycles. The molecule has 2 aliphatic rings. The van der Waals surface area contributed by atoms with Gasteiger partial charge in [0.15, 0.2) is 0 Å². The maximum atomic E-state index is 13.0. The lowest BCUT2D eigenvalue weighted by atomic mass is 9.97. The largest absolute Gasteiger partial charge is 0.368 e. The molecule has 0 radical (unpaired) electrons. The van der Waals surface area contributed by atoms with E-state index in [1.54, 1.807) is 18.2 Å². The standard InChI is InChI=1S/C22H25Cl2N5O4/c23-13-3-4-14(24)18-12(13)9-17(27-18)22(33)29-16(7-10-1-2-10)21(32)28-15(19(25)30)8-11-5-6-26-20(11)31/h3-4,9-11,15-16,27H,1-2,5-8H2,(H2,25,30)(H,26,31)(H,28,32)(H,29,33)/t11-,15-,16-/m0/s1. The first-order chi connectivity index (χ1) is 15.7. The molecule has 2 aromatic rings. The Morgan fingerprint density at radius 3 is 2.39 bits per heavy atom. The van der Waals surface area contributed by atoms with Gasteiger partial charge in [0.25, 0.3) is 5.91 Å². The molecule has 33 heavy (non-hydrogen) atoms. The summed E-state index contributed by atoms with van der Waals surface area (Å²) < 4.78 is 0. The molecule has 1 aliphatic carbocycles. The lowest BCUT2D eigenvalue weighted by molar-refractivity contribution is -0.130. The van der Waals surface area contributed by atoms with Crippen LogP contribution in [0.4, 0.5) is 0 Å². The van der Waals surface area contributed by atoms with Gasteiger partial charge in [0, 0.05) is 17.8 Å². The van der Waals surface area contributed by atoms with Crippen molar-refractivity contribution in [3.63, 3.8) is 0 Å². The Balaban J connectivity index is 1.47. The number of primary amides is 1. The van der Waals surface area contributed by atoms with Gasteiger partial charge in [-0.2, -0.15) is 0 Å². The molecule has 11 heteroatoms. The number of aromatic amines is 1. The number of nitrogens with two attached hydrogens (primary N) is 1. The number of benzene rings is 1. The summed E-state index contributed by atoms with van der Waals surface area (Å²) in [4.78, 5) is 52.8. The van der Waals surface area contributed by atoms with Crippen LogP contribution in [0, 0.1) is 11.8 Å². The molecule has 0 spiro atoms. The van der Waals surface area contributed by atoms with Crippen LogP contribution in [0.5, 0.6) is 0 Å². The van der Waals surface area contributed by atoms with Gasteiger partial charge in [0.05, 0.1) is 15.6 Å². The lowest BCUT2D eigenvalue weighted by Crippen LogP contribution is -2.53. The summed E-state index contributed by atoms with van der Waals surface area (Å²) in [6.45, 7) is 0.530. The van der Waals surface area contributed by atoms with Crippen molar-refractivity contribution in [3.05, 3.63) is 33.9 Å². The topological polar surface area (TPSA) is 146 Å². The van der Waals surface area contributed by atoms with E-state index < -0.39 is 29.8 Å². The maximum Gasteiger partial charge on any atom is 0.268 e. The minimum absolute atomic E-state index is 0.121. The average Bonchev–Trinajstić information content (AvgIpc) is 3.30. The summed E-state index contributed by atoms with van der Waals surface area (Å²) in [5.41, 5.74) is 6.22. The van der Waals surface area contributed by atoms with E-state index in [1.807, 2.05) is 0 Å². The highest BCUT2D eigenvalue weighted by Gasteiger charge is 2.35. The van der Waals surface area contributed by atoms with E-state index in [9.17, 15) is 19.2 Å². The second-order valence-electron chi connectivity index (χ2n) is 8.68. The first-order valence-corrected chi connectivity index (χ1v) is 11.6. The Morgan fingerprint density at radius 2 is 1.79 bits per heavy atom. The van der Waals surface area contributed by atoms with E-state index in [0.717, 1.165) is 12.8 Å². The number of carbonyl (C=O) groups is 4. The monoisotopic (exact) mass is 493 g/mol. The van der Waals surface area contributed by atoms with E-state index >= 15 is 0 Å². The van der Waals surface area contributed by atoms with Crippen molar-refractivity contribution in [3.8, 4) is 0 Å². The van der Waals surface area contributed by atoms with Crippen LogP contribution in [0.2, 0.25) is 10.0 Å². The van der Waals surface area contributed by atoms with E-state index in [0.29, 0.717) is 46.3 Å². The quantitative estimate of drug-likeness (QED) is 0.362. The highest BCUT2D eigenvalue weighted by atomic mass is 35.5. The minimum atomic E-state index is -1.00. The van der Waals surface area contributed by atoms with Gasteiger partial charge in [-0.3, -0.25) is 19.2 Å². The summed E-state index contributed by atoms with van der Waals surface area (Å²) in [6, 6.07) is 2.98. The van der Waals surface area contributed by atoms with E-state index in [1.165, 1.54) is 0 Å². The molecular weight excluding hydrogens is 469 g/mol. The molecule has 1 aromatic carbocycles. The summed E-state index contributed by atoms with van der Waals surface area (Å²) in [6.07, 6.45) is 3.08. The number of halogens is 2. The molecule has 4 rings (SSSR count).